The van der Waals surface area contributed by atoms with E-state index in [1.165, 1.54) is 32.1 Å². The average molecular weight is 390 g/mol. The van der Waals surface area contributed by atoms with E-state index in [9.17, 15) is 9.59 Å². The Hall–Kier alpha value is -1.30. The average Bonchev–Trinajstić information content (AvgIpc) is 3.00. The summed E-state index contributed by atoms with van der Waals surface area (Å²) < 4.78 is 5.17. The predicted molar refractivity (Wildman–Crippen MR) is 106 cm³/mol. The molecule has 0 N–H and O–H groups in total. The molecular formula is C22H35N3O3. The Morgan fingerprint density at radius 1 is 1.11 bits per heavy atom. The van der Waals surface area contributed by atoms with Gasteiger partial charge in [-0.05, 0) is 69.6 Å². The third kappa shape index (κ3) is 3.03. The maximum atomic E-state index is 13.0. The lowest BCUT2D eigenvalue weighted by Crippen LogP contribution is -2.52. The fraction of sp³-hybridized carbons (Fsp3) is 0.909. The topological polar surface area (TPSA) is 53.1 Å². The number of ether oxygens (including phenoxy) is 1. The molecule has 0 aromatic rings. The van der Waals surface area contributed by atoms with Crippen LogP contribution in [0.1, 0.15) is 52.4 Å². The Morgan fingerprint density at radius 3 is 2.54 bits per heavy atom. The van der Waals surface area contributed by atoms with Crippen molar-refractivity contribution < 1.29 is 14.3 Å². The highest BCUT2D eigenvalue weighted by atomic mass is 16.6. The van der Waals surface area contributed by atoms with Gasteiger partial charge in [-0.3, -0.25) is 9.69 Å². The highest BCUT2D eigenvalue weighted by molar-refractivity contribution is 5.83. The number of amides is 2. The minimum Gasteiger partial charge on any atom is -0.450 e. The van der Waals surface area contributed by atoms with Gasteiger partial charge in [0, 0.05) is 50.7 Å². The lowest BCUT2D eigenvalue weighted by molar-refractivity contribution is -0.137. The molecule has 28 heavy (non-hydrogen) atoms. The zero-order chi connectivity index (χ0) is 19.5. The Labute approximate surface area is 168 Å². The standard InChI is InChI=1S/C22H35N3O3/c1-3-28-21(27)23-9-7-22(14-23)10-16(11-22)24-12-17-18(13-24)19(17)20(26)25-8-5-4-6-15(25)2/h15-19H,3-14H2,1-2H3. The van der Waals surface area contributed by atoms with E-state index in [-0.39, 0.29) is 6.09 Å². The number of carbonyl (C=O) groups excluding carboxylic acids is 2. The second-order valence-electron chi connectivity index (χ2n) is 10.1. The smallest absolute Gasteiger partial charge is 0.409 e. The van der Waals surface area contributed by atoms with Crippen LogP contribution in [0.4, 0.5) is 4.79 Å². The summed E-state index contributed by atoms with van der Waals surface area (Å²) in [5.41, 5.74) is 0.336. The zero-order valence-electron chi connectivity index (χ0n) is 17.4. The highest BCUT2D eigenvalue weighted by Crippen LogP contribution is 2.57. The first kappa shape index (κ1) is 18.7. The number of carbonyl (C=O) groups is 2. The number of piperidine rings is 2. The quantitative estimate of drug-likeness (QED) is 0.744. The van der Waals surface area contributed by atoms with Gasteiger partial charge >= 0.3 is 6.09 Å². The van der Waals surface area contributed by atoms with E-state index >= 15 is 0 Å². The van der Waals surface area contributed by atoms with Gasteiger partial charge in [0.1, 0.15) is 0 Å². The molecule has 0 radical (unpaired) electrons. The summed E-state index contributed by atoms with van der Waals surface area (Å²) >= 11 is 0. The number of nitrogens with zero attached hydrogens (tertiary/aromatic N) is 3. The second kappa shape index (κ2) is 6.89. The van der Waals surface area contributed by atoms with E-state index in [1.807, 2.05) is 11.8 Å². The van der Waals surface area contributed by atoms with Gasteiger partial charge in [-0.2, -0.15) is 0 Å². The molecule has 0 aromatic carbocycles. The van der Waals surface area contributed by atoms with Crippen molar-refractivity contribution in [2.75, 3.05) is 39.3 Å². The van der Waals surface area contributed by atoms with Crippen LogP contribution in [0.5, 0.6) is 0 Å². The van der Waals surface area contributed by atoms with Crippen molar-refractivity contribution in [2.45, 2.75) is 64.5 Å². The fourth-order valence-electron chi connectivity index (χ4n) is 6.68. The molecule has 3 unspecified atom stereocenters. The zero-order valence-corrected chi connectivity index (χ0v) is 17.4. The van der Waals surface area contributed by atoms with Crippen molar-refractivity contribution in [3.05, 3.63) is 0 Å². The lowest BCUT2D eigenvalue weighted by Gasteiger charge is -2.49. The molecule has 0 aromatic heterocycles. The number of hydrogen-bond acceptors (Lipinski definition) is 4. The molecule has 5 fully saturated rings. The molecule has 3 atom stereocenters. The molecule has 3 aliphatic heterocycles. The molecule has 2 saturated carbocycles. The molecule has 3 saturated heterocycles. The van der Waals surface area contributed by atoms with Crippen LogP contribution in [-0.4, -0.2) is 78.1 Å². The summed E-state index contributed by atoms with van der Waals surface area (Å²) in [5, 5.41) is 0. The molecule has 5 aliphatic rings. The van der Waals surface area contributed by atoms with Crippen LogP contribution >= 0.6 is 0 Å². The van der Waals surface area contributed by atoms with Gasteiger partial charge in [-0.15, -0.1) is 0 Å². The molecule has 156 valence electrons. The number of fused-ring (bicyclic) bond motifs is 1. The van der Waals surface area contributed by atoms with Crippen molar-refractivity contribution in [3.63, 3.8) is 0 Å². The summed E-state index contributed by atoms with van der Waals surface area (Å²) in [6, 6.07) is 1.11. The molecule has 0 bridgehead atoms. The molecule has 6 nitrogen and oxygen atoms in total. The summed E-state index contributed by atoms with van der Waals surface area (Å²) in [6.45, 7) is 9.47. The molecule has 5 rings (SSSR count). The van der Waals surface area contributed by atoms with Crippen LogP contribution in [-0.2, 0) is 9.53 Å². The first-order valence-electron chi connectivity index (χ1n) is 11.5. The number of rotatable bonds is 3. The maximum Gasteiger partial charge on any atom is 0.409 e. The van der Waals surface area contributed by atoms with Gasteiger partial charge < -0.3 is 14.5 Å². The summed E-state index contributed by atoms with van der Waals surface area (Å²) in [6.07, 6.45) is 7.03. The summed E-state index contributed by atoms with van der Waals surface area (Å²) in [4.78, 5) is 31.7. The molecule has 6 heteroatoms. The third-order valence-electron chi connectivity index (χ3n) is 8.41. The minimum absolute atomic E-state index is 0.140. The van der Waals surface area contributed by atoms with Crippen molar-refractivity contribution in [3.8, 4) is 0 Å². The van der Waals surface area contributed by atoms with Crippen LogP contribution in [0.3, 0.4) is 0 Å². The van der Waals surface area contributed by atoms with Gasteiger partial charge in [0.2, 0.25) is 5.91 Å². The van der Waals surface area contributed by atoms with E-state index in [0.29, 0.717) is 47.8 Å². The van der Waals surface area contributed by atoms with Crippen molar-refractivity contribution in [1.29, 1.82) is 0 Å². The minimum atomic E-state index is -0.140. The summed E-state index contributed by atoms with van der Waals surface area (Å²) in [5.74, 6) is 1.99. The molecule has 1 spiro atoms. The first-order valence-corrected chi connectivity index (χ1v) is 11.5. The van der Waals surface area contributed by atoms with Gasteiger partial charge in [0.05, 0.1) is 6.61 Å². The second-order valence-corrected chi connectivity index (χ2v) is 10.1. The Bertz CT molecular complexity index is 635. The Balaban J connectivity index is 1.09. The number of likely N-dealkylation sites (tertiary alicyclic amines) is 3. The monoisotopic (exact) mass is 389 g/mol. The largest absolute Gasteiger partial charge is 0.450 e. The van der Waals surface area contributed by atoms with E-state index in [0.717, 1.165) is 39.1 Å². The van der Waals surface area contributed by atoms with Crippen LogP contribution < -0.4 is 0 Å². The summed E-state index contributed by atoms with van der Waals surface area (Å²) in [7, 11) is 0. The van der Waals surface area contributed by atoms with E-state index in [2.05, 4.69) is 16.7 Å². The van der Waals surface area contributed by atoms with Crippen LogP contribution in [0, 0.1) is 23.2 Å². The third-order valence-corrected chi connectivity index (χ3v) is 8.41. The molecule has 2 amide bonds. The highest BCUT2D eigenvalue weighted by Gasteiger charge is 2.63. The SMILES string of the molecule is CCOC(=O)N1CCC2(CC(N3CC4C(C3)C4C(=O)N3CCCCC3C)C2)C1. The maximum absolute atomic E-state index is 13.0. The van der Waals surface area contributed by atoms with Gasteiger partial charge in [-0.25, -0.2) is 4.79 Å². The Kier molecular flexibility index (Phi) is 4.61. The first-order chi connectivity index (χ1) is 13.5. The van der Waals surface area contributed by atoms with Crippen molar-refractivity contribution in [1.82, 2.24) is 14.7 Å². The van der Waals surface area contributed by atoms with Gasteiger partial charge in [-0.1, -0.05) is 0 Å². The molecule has 2 aliphatic carbocycles. The predicted octanol–water partition coefficient (Wildman–Crippen LogP) is 2.58. The van der Waals surface area contributed by atoms with Gasteiger partial charge in [0.25, 0.3) is 0 Å². The van der Waals surface area contributed by atoms with Crippen molar-refractivity contribution in [2.24, 2.45) is 23.2 Å². The molecular weight excluding hydrogens is 354 g/mol. The molecule has 3 heterocycles. The van der Waals surface area contributed by atoms with Crippen LogP contribution in [0.2, 0.25) is 0 Å². The van der Waals surface area contributed by atoms with Crippen molar-refractivity contribution >= 4 is 12.0 Å². The van der Waals surface area contributed by atoms with E-state index < -0.39 is 0 Å². The Morgan fingerprint density at radius 2 is 1.86 bits per heavy atom. The normalized spacial score (nSPS) is 42.4. The number of hydrogen-bond donors (Lipinski definition) is 0. The van der Waals surface area contributed by atoms with E-state index in [1.54, 1.807) is 0 Å². The van der Waals surface area contributed by atoms with E-state index in [4.69, 9.17) is 4.74 Å². The van der Waals surface area contributed by atoms with Gasteiger partial charge in [0.15, 0.2) is 0 Å². The lowest BCUT2D eigenvalue weighted by atomic mass is 9.64. The van der Waals surface area contributed by atoms with Crippen LogP contribution in [0.15, 0.2) is 0 Å². The fourth-order valence-corrected chi connectivity index (χ4v) is 6.68. The van der Waals surface area contributed by atoms with Crippen LogP contribution in [0.25, 0.3) is 0 Å².